The third-order valence-electron chi connectivity index (χ3n) is 4.77. The molecule has 0 bridgehead atoms. The number of hydrogen-bond acceptors (Lipinski definition) is 1. The second-order valence-corrected chi connectivity index (χ2v) is 8.79. The van der Waals surface area contributed by atoms with Gasteiger partial charge in [-0.05, 0) is 0 Å². The molecule has 0 aromatic heterocycles. The molecule has 0 saturated heterocycles. The molecule has 3 aromatic rings. The minimum atomic E-state index is -0.858. The summed E-state index contributed by atoms with van der Waals surface area (Å²) in [5.41, 5.74) is 5.47. The monoisotopic (exact) mass is 396 g/mol. The van der Waals surface area contributed by atoms with Crippen LogP contribution >= 0.6 is 0 Å². The normalized spacial score (nSPS) is 15.6. The summed E-state index contributed by atoms with van der Waals surface area (Å²) in [4.78, 5) is 13.3. The standard InChI is InChI=1S/C17H13O.C9H7.Ti/c18-14-17(16-11-5-2-6-12-16)13-7-10-15-8-3-1-4-9-15;1-2-5-9-7-3-6-8(9)4-1;/h1-13H;1-7H;. The van der Waals surface area contributed by atoms with E-state index in [2.05, 4.69) is 48.6 Å². The van der Waals surface area contributed by atoms with Crippen molar-refractivity contribution < 1.29 is 23.9 Å². The van der Waals surface area contributed by atoms with Gasteiger partial charge in [0, 0.05) is 0 Å². The molecule has 4 rings (SSSR count). The first kappa shape index (κ1) is 18.6. The molecule has 0 saturated carbocycles. The van der Waals surface area contributed by atoms with Crippen molar-refractivity contribution in [3.05, 3.63) is 125 Å². The van der Waals surface area contributed by atoms with Gasteiger partial charge < -0.3 is 0 Å². The maximum absolute atomic E-state index is 13.3. The van der Waals surface area contributed by atoms with E-state index in [0.29, 0.717) is 0 Å². The van der Waals surface area contributed by atoms with Gasteiger partial charge in [0.15, 0.2) is 0 Å². The van der Waals surface area contributed by atoms with Gasteiger partial charge in [0.2, 0.25) is 0 Å². The predicted molar refractivity (Wildman–Crippen MR) is 113 cm³/mol. The maximum atomic E-state index is 13.3. The van der Waals surface area contributed by atoms with Crippen LogP contribution in [0.1, 0.15) is 26.5 Å². The minimum absolute atomic E-state index is 0.272. The zero-order chi connectivity index (χ0) is 19.2. The molecule has 2 heteroatoms. The summed E-state index contributed by atoms with van der Waals surface area (Å²) in [5, 5.41) is 0. The van der Waals surface area contributed by atoms with Crippen LogP contribution in [0.3, 0.4) is 0 Å². The Morgan fingerprint density at radius 2 is 1.50 bits per heavy atom. The van der Waals surface area contributed by atoms with Crippen LogP contribution in [-0.4, -0.2) is 4.09 Å². The number of fused-ring (bicyclic) bond motifs is 1. The van der Waals surface area contributed by atoms with Gasteiger partial charge in [0.05, 0.1) is 0 Å². The van der Waals surface area contributed by atoms with Crippen molar-refractivity contribution in [1.82, 2.24) is 0 Å². The molecule has 0 amide bonds. The second-order valence-electron chi connectivity index (χ2n) is 6.66. The Hall–Kier alpha value is -2.74. The fraction of sp³-hybridized carbons (Fsp3) is 0.0385. The van der Waals surface area contributed by atoms with E-state index < -0.39 is 19.2 Å². The molecule has 0 fully saturated rings. The average molecular weight is 396 g/mol. The summed E-state index contributed by atoms with van der Waals surface area (Å²) in [6.45, 7) is 0. The third-order valence-corrected chi connectivity index (χ3v) is 6.87. The molecule has 1 aliphatic carbocycles. The van der Waals surface area contributed by atoms with Crippen molar-refractivity contribution in [1.29, 1.82) is 0 Å². The molecule has 1 unspecified atom stereocenters. The van der Waals surface area contributed by atoms with Crippen LogP contribution in [0.25, 0.3) is 17.7 Å². The van der Waals surface area contributed by atoms with Gasteiger partial charge in [-0.25, -0.2) is 0 Å². The van der Waals surface area contributed by atoms with Crippen molar-refractivity contribution in [3.8, 4) is 0 Å². The summed E-state index contributed by atoms with van der Waals surface area (Å²) in [6, 6.07) is 28.5. The van der Waals surface area contributed by atoms with Gasteiger partial charge in [-0.1, -0.05) is 0 Å². The van der Waals surface area contributed by atoms with E-state index >= 15 is 0 Å². The molecule has 28 heavy (non-hydrogen) atoms. The Labute approximate surface area is 175 Å². The van der Waals surface area contributed by atoms with Crippen LogP contribution in [0.5, 0.6) is 0 Å². The number of carbonyl (C=O) groups excluding carboxylic acids is 1. The SMILES string of the molecule is O=[C]([Ti][CH]1C=Cc2ccccc21)C(=CC=Cc1ccccc1)c1ccccc1. The summed E-state index contributed by atoms with van der Waals surface area (Å²) < 4.78 is 0.559. The summed E-state index contributed by atoms with van der Waals surface area (Å²) >= 11 is -0.858. The summed E-state index contributed by atoms with van der Waals surface area (Å²) in [6.07, 6.45) is 10.4. The molecule has 0 spiro atoms. The zero-order valence-electron chi connectivity index (χ0n) is 15.5. The van der Waals surface area contributed by atoms with E-state index in [4.69, 9.17) is 0 Å². The summed E-state index contributed by atoms with van der Waals surface area (Å²) in [5.74, 6) is 0. The Balaban J connectivity index is 1.59. The van der Waals surface area contributed by atoms with Crippen LogP contribution < -0.4 is 0 Å². The van der Waals surface area contributed by atoms with Crippen LogP contribution in [0.4, 0.5) is 0 Å². The van der Waals surface area contributed by atoms with Crippen LogP contribution in [0, 0.1) is 0 Å². The van der Waals surface area contributed by atoms with Gasteiger partial charge in [-0.15, -0.1) is 0 Å². The van der Waals surface area contributed by atoms with Crippen molar-refractivity contribution >= 4 is 21.8 Å². The third kappa shape index (κ3) is 4.39. The van der Waals surface area contributed by atoms with Gasteiger partial charge in [0.25, 0.3) is 0 Å². The van der Waals surface area contributed by atoms with E-state index in [9.17, 15) is 4.79 Å². The fourth-order valence-corrected chi connectivity index (χ4v) is 5.33. The molecule has 1 atom stereocenters. The molecule has 0 aliphatic heterocycles. The van der Waals surface area contributed by atoms with Gasteiger partial charge in [-0.2, -0.15) is 0 Å². The number of benzene rings is 3. The molecular weight excluding hydrogens is 376 g/mol. The van der Waals surface area contributed by atoms with Crippen molar-refractivity contribution in [2.45, 2.75) is 4.22 Å². The van der Waals surface area contributed by atoms with Crippen LogP contribution in [0.2, 0.25) is 0 Å². The molecule has 0 heterocycles. The van der Waals surface area contributed by atoms with Crippen LogP contribution in [-0.2, 0) is 23.9 Å². The Bertz CT molecular complexity index is 1050. The molecular formula is C26H20OTi. The van der Waals surface area contributed by atoms with Crippen molar-refractivity contribution in [3.63, 3.8) is 0 Å². The van der Waals surface area contributed by atoms with Crippen LogP contribution in [0.15, 0.2) is 103 Å². The predicted octanol–water partition coefficient (Wildman–Crippen LogP) is 6.16. The van der Waals surface area contributed by atoms with E-state index in [0.717, 1.165) is 16.7 Å². The number of hydrogen-bond donors (Lipinski definition) is 0. The number of rotatable bonds is 6. The first-order chi connectivity index (χ1) is 13.8. The first-order valence-corrected chi connectivity index (χ1v) is 11.1. The quantitative estimate of drug-likeness (QED) is 0.277. The number of carbonyl (C=O) groups is 1. The second kappa shape index (κ2) is 8.97. The van der Waals surface area contributed by atoms with Crippen molar-refractivity contribution in [2.24, 2.45) is 0 Å². The topological polar surface area (TPSA) is 17.1 Å². The fourth-order valence-electron chi connectivity index (χ4n) is 3.33. The van der Waals surface area contributed by atoms with Gasteiger partial charge in [-0.3, -0.25) is 0 Å². The first-order valence-electron chi connectivity index (χ1n) is 9.38. The zero-order valence-corrected chi connectivity index (χ0v) is 17.0. The van der Waals surface area contributed by atoms with E-state index in [1.807, 2.05) is 66.8 Å². The Morgan fingerprint density at radius 1 is 0.821 bits per heavy atom. The number of allylic oxidation sites excluding steroid dienone is 4. The van der Waals surface area contributed by atoms with Gasteiger partial charge in [0.1, 0.15) is 0 Å². The molecule has 134 valence electrons. The average Bonchev–Trinajstić information content (AvgIpc) is 3.15. The van der Waals surface area contributed by atoms with E-state index in [1.165, 1.54) is 11.1 Å². The van der Waals surface area contributed by atoms with E-state index in [1.54, 1.807) is 0 Å². The van der Waals surface area contributed by atoms with Gasteiger partial charge >= 0.3 is 175 Å². The molecule has 1 nitrogen and oxygen atoms in total. The molecule has 0 radical (unpaired) electrons. The Kier molecular flexibility index (Phi) is 5.96. The summed E-state index contributed by atoms with van der Waals surface area (Å²) in [7, 11) is 0. The molecule has 0 N–H and O–H groups in total. The molecule has 3 aromatic carbocycles. The Morgan fingerprint density at radius 3 is 2.29 bits per heavy atom. The van der Waals surface area contributed by atoms with E-state index in [-0.39, 0.29) is 8.31 Å². The van der Waals surface area contributed by atoms with Crippen molar-refractivity contribution in [2.75, 3.05) is 0 Å². The molecule has 1 aliphatic rings.